The van der Waals surface area contributed by atoms with Gasteiger partial charge in [0.05, 0.1) is 0 Å². The van der Waals surface area contributed by atoms with E-state index < -0.39 is 0 Å². The molecule has 1 N–H and O–H groups in total. The van der Waals surface area contributed by atoms with Crippen molar-refractivity contribution >= 4 is 0 Å². The molecule has 0 saturated carbocycles. The van der Waals surface area contributed by atoms with Crippen LogP contribution in [0.5, 0.6) is 0 Å². The van der Waals surface area contributed by atoms with Crippen LogP contribution >= 0.6 is 0 Å². The van der Waals surface area contributed by atoms with Crippen LogP contribution in [0.25, 0.3) is 0 Å². The maximum Gasteiger partial charge on any atom is 0.0474 e. The van der Waals surface area contributed by atoms with E-state index in [1.54, 1.807) is 7.11 Å². The molecule has 0 saturated heterocycles. The molecule has 0 radical (unpaired) electrons. The van der Waals surface area contributed by atoms with Gasteiger partial charge in [0.25, 0.3) is 0 Å². The first kappa shape index (κ1) is 17.2. The van der Waals surface area contributed by atoms with E-state index in [4.69, 9.17) is 4.74 Å². The number of hydrogen-bond donors (Lipinski definition) is 1. The average molecular weight is 278 g/mol. The van der Waals surface area contributed by atoms with Crippen molar-refractivity contribution in [1.82, 2.24) is 10.2 Å². The molecule has 114 valence electrons. The molecule has 0 heterocycles. The van der Waals surface area contributed by atoms with Crippen LogP contribution in [0, 0.1) is 0 Å². The Morgan fingerprint density at radius 1 is 1.15 bits per heavy atom. The Kier molecular flexibility index (Phi) is 7.82. The number of likely N-dealkylation sites (N-methyl/N-ethyl adjacent to an activating group) is 2. The summed E-state index contributed by atoms with van der Waals surface area (Å²) in [5.74, 6) is 0.591. The van der Waals surface area contributed by atoms with E-state index in [1.807, 2.05) is 7.05 Å². The van der Waals surface area contributed by atoms with Gasteiger partial charge in [-0.3, -0.25) is 0 Å². The molecule has 3 heteroatoms. The Hall–Kier alpha value is -0.900. The Morgan fingerprint density at radius 3 is 2.25 bits per heavy atom. The summed E-state index contributed by atoms with van der Waals surface area (Å²) >= 11 is 0. The zero-order chi connectivity index (χ0) is 15.0. The lowest BCUT2D eigenvalue weighted by molar-refractivity contribution is 0.176. The fourth-order valence-corrected chi connectivity index (χ4v) is 2.36. The van der Waals surface area contributed by atoms with Crippen LogP contribution in [0.4, 0.5) is 0 Å². The third-order valence-electron chi connectivity index (χ3n) is 3.74. The summed E-state index contributed by atoms with van der Waals surface area (Å²) in [5, 5.41) is 3.42. The van der Waals surface area contributed by atoms with Crippen LogP contribution in [0.1, 0.15) is 43.4 Å². The first-order valence-electron chi connectivity index (χ1n) is 7.53. The van der Waals surface area contributed by atoms with Gasteiger partial charge in [0.2, 0.25) is 0 Å². The molecule has 1 atom stereocenters. The molecule has 0 spiro atoms. The fourth-order valence-electron chi connectivity index (χ4n) is 2.36. The van der Waals surface area contributed by atoms with Gasteiger partial charge in [-0.1, -0.05) is 38.1 Å². The molecule has 0 aromatic heterocycles. The number of rotatable bonds is 9. The standard InChI is InChI=1S/C17H30N2O/c1-14(2)15-7-9-16(10-8-15)17(18-3)13-19(4)11-6-12-20-5/h7-10,14,17-18H,6,11-13H2,1-5H3. The summed E-state index contributed by atoms with van der Waals surface area (Å²) in [6.07, 6.45) is 1.08. The van der Waals surface area contributed by atoms with Gasteiger partial charge in [0.15, 0.2) is 0 Å². The molecule has 1 aromatic carbocycles. The van der Waals surface area contributed by atoms with E-state index >= 15 is 0 Å². The third kappa shape index (κ3) is 5.61. The minimum atomic E-state index is 0.378. The van der Waals surface area contributed by atoms with Crippen LogP contribution in [-0.4, -0.2) is 45.8 Å². The smallest absolute Gasteiger partial charge is 0.0474 e. The van der Waals surface area contributed by atoms with Crippen molar-refractivity contribution in [2.75, 3.05) is 40.9 Å². The normalized spacial score (nSPS) is 13.2. The highest BCUT2D eigenvalue weighted by Crippen LogP contribution is 2.19. The average Bonchev–Trinajstić information content (AvgIpc) is 2.45. The maximum atomic E-state index is 5.10. The molecule has 0 fully saturated rings. The van der Waals surface area contributed by atoms with Gasteiger partial charge in [-0.2, -0.15) is 0 Å². The second-order valence-corrected chi connectivity index (χ2v) is 5.77. The van der Waals surface area contributed by atoms with Crippen molar-refractivity contribution in [1.29, 1.82) is 0 Å². The Morgan fingerprint density at radius 2 is 1.75 bits per heavy atom. The van der Waals surface area contributed by atoms with Crippen molar-refractivity contribution in [3.05, 3.63) is 35.4 Å². The van der Waals surface area contributed by atoms with E-state index in [2.05, 4.69) is 55.4 Å². The first-order chi connectivity index (χ1) is 9.58. The lowest BCUT2D eigenvalue weighted by Crippen LogP contribution is -2.32. The number of methoxy groups -OCH3 is 1. The Labute approximate surface area is 124 Å². The molecular weight excluding hydrogens is 248 g/mol. The second kappa shape index (κ2) is 9.11. The fraction of sp³-hybridized carbons (Fsp3) is 0.647. The van der Waals surface area contributed by atoms with Crippen LogP contribution in [-0.2, 0) is 4.74 Å². The number of benzene rings is 1. The van der Waals surface area contributed by atoms with Crippen molar-refractivity contribution < 1.29 is 4.74 Å². The monoisotopic (exact) mass is 278 g/mol. The summed E-state index contributed by atoms with van der Waals surface area (Å²) in [5.41, 5.74) is 2.76. The quantitative estimate of drug-likeness (QED) is 0.703. The lowest BCUT2D eigenvalue weighted by atomic mass is 9.99. The highest BCUT2D eigenvalue weighted by molar-refractivity contribution is 5.27. The molecule has 0 aliphatic carbocycles. The van der Waals surface area contributed by atoms with Gasteiger partial charge >= 0.3 is 0 Å². The van der Waals surface area contributed by atoms with Gasteiger partial charge in [-0.15, -0.1) is 0 Å². The molecule has 0 aliphatic heterocycles. The molecule has 1 aromatic rings. The summed E-state index contributed by atoms with van der Waals surface area (Å²) in [6.45, 7) is 7.37. The largest absolute Gasteiger partial charge is 0.385 e. The summed E-state index contributed by atoms with van der Waals surface area (Å²) < 4.78 is 5.10. The minimum absolute atomic E-state index is 0.378. The molecule has 0 bridgehead atoms. The molecule has 20 heavy (non-hydrogen) atoms. The zero-order valence-corrected chi connectivity index (χ0v) is 13.6. The second-order valence-electron chi connectivity index (χ2n) is 5.77. The number of ether oxygens (including phenoxy) is 1. The van der Waals surface area contributed by atoms with Crippen molar-refractivity contribution in [2.24, 2.45) is 0 Å². The topological polar surface area (TPSA) is 24.5 Å². The lowest BCUT2D eigenvalue weighted by Gasteiger charge is -2.24. The predicted molar refractivity (Wildman–Crippen MR) is 86.3 cm³/mol. The molecule has 3 nitrogen and oxygen atoms in total. The molecule has 0 amide bonds. The number of nitrogens with zero attached hydrogens (tertiary/aromatic N) is 1. The van der Waals surface area contributed by atoms with Crippen molar-refractivity contribution in [3.63, 3.8) is 0 Å². The van der Waals surface area contributed by atoms with E-state index in [0.717, 1.165) is 26.1 Å². The molecule has 0 aliphatic rings. The van der Waals surface area contributed by atoms with Gasteiger partial charge in [0, 0.05) is 32.8 Å². The van der Waals surface area contributed by atoms with Crippen LogP contribution < -0.4 is 5.32 Å². The molecule has 1 rings (SSSR count). The molecule has 1 unspecified atom stereocenters. The predicted octanol–water partition coefficient (Wildman–Crippen LogP) is 3.04. The minimum Gasteiger partial charge on any atom is -0.385 e. The van der Waals surface area contributed by atoms with Crippen molar-refractivity contribution in [2.45, 2.75) is 32.2 Å². The third-order valence-corrected chi connectivity index (χ3v) is 3.74. The summed E-state index contributed by atoms with van der Waals surface area (Å²) in [7, 11) is 5.96. The van der Waals surface area contributed by atoms with Crippen LogP contribution in [0.3, 0.4) is 0 Å². The molecular formula is C17H30N2O. The highest BCUT2D eigenvalue weighted by Gasteiger charge is 2.12. The SMILES string of the molecule is CNC(CN(C)CCCOC)c1ccc(C(C)C)cc1. The van der Waals surface area contributed by atoms with E-state index in [0.29, 0.717) is 12.0 Å². The van der Waals surface area contributed by atoms with Gasteiger partial charge in [0.1, 0.15) is 0 Å². The van der Waals surface area contributed by atoms with Crippen molar-refractivity contribution in [3.8, 4) is 0 Å². The van der Waals surface area contributed by atoms with E-state index in [-0.39, 0.29) is 0 Å². The van der Waals surface area contributed by atoms with Gasteiger partial charge in [-0.25, -0.2) is 0 Å². The first-order valence-corrected chi connectivity index (χ1v) is 7.53. The highest BCUT2D eigenvalue weighted by atomic mass is 16.5. The van der Waals surface area contributed by atoms with Gasteiger partial charge in [-0.05, 0) is 37.6 Å². The maximum absolute atomic E-state index is 5.10. The van der Waals surface area contributed by atoms with Crippen LogP contribution in [0.15, 0.2) is 24.3 Å². The zero-order valence-electron chi connectivity index (χ0n) is 13.6. The summed E-state index contributed by atoms with van der Waals surface area (Å²) in [6, 6.07) is 9.37. The summed E-state index contributed by atoms with van der Waals surface area (Å²) in [4.78, 5) is 2.36. The number of hydrogen-bond acceptors (Lipinski definition) is 3. The number of nitrogens with one attached hydrogen (secondary N) is 1. The van der Waals surface area contributed by atoms with Gasteiger partial charge < -0.3 is 15.0 Å². The Balaban J connectivity index is 2.56. The van der Waals surface area contributed by atoms with E-state index in [1.165, 1.54) is 11.1 Å². The van der Waals surface area contributed by atoms with E-state index in [9.17, 15) is 0 Å². The Bertz CT molecular complexity index is 362. The van der Waals surface area contributed by atoms with Crippen LogP contribution in [0.2, 0.25) is 0 Å².